The first-order valence-electron chi connectivity index (χ1n) is 5.99. The Morgan fingerprint density at radius 3 is 2.95 bits per heavy atom. The number of fused-ring (bicyclic) bond motifs is 1. The van der Waals surface area contributed by atoms with Crippen LogP contribution in [0.15, 0.2) is 34.9 Å². The number of esters is 1. The van der Waals surface area contributed by atoms with Crippen molar-refractivity contribution in [3.63, 3.8) is 0 Å². The lowest BCUT2D eigenvalue weighted by Crippen LogP contribution is -2.05. The Labute approximate surface area is 118 Å². The molecule has 7 heteroatoms. The van der Waals surface area contributed by atoms with Crippen LogP contribution in [0.5, 0.6) is 0 Å². The number of ether oxygens (including phenoxy) is 1. The second-order valence-electron chi connectivity index (χ2n) is 4.29. The van der Waals surface area contributed by atoms with Crippen LogP contribution in [-0.2, 0) is 4.74 Å². The Bertz CT molecular complexity index is 845. The third-order valence-corrected chi connectivity index (χ3v) is 2.89. The summed E-state index contributed by atoms with van der Waals surface area (Å²) >= 11 is 0. The summed E-state index contributed by atoms with van der Waals surface area (Å²) in [6.07, 6.45) is 0.921. The first-order chi connectivity index (χ1) is 10.1. The molecule has 0 fully saturated rings. The maximum absolute atomic E-state index is 13.9. The summed E-state index contributed by atoms with van der Waals surface area (Å²) in [7, 11) is 1.22. The molecule has 0 atom stereocenters. The molecule has 106 valence electrons. The average molecular weight is 287 g/mol. The fourth-order valence-electron chi connectivity index (χ4n) is 1.88. The van der Waals surface area contributed by atoms with Gasteiger partial charge in [-0.05, 0) is 24.3 Å². The number of aromatic nitrogens is 2. The summed E-state index contributed by atoms with van der Waals surface area (Å²) in [5.74, 6) is -1.28. The summed E-state index contributed by atoms with van der Waals surface area (Å²) < 4.78 is 23.9. The van der Waals surface area contributed by atoms with Crippen molar-refractivity contribution >= 4 is 22.8 Å². The highest BCUT2D eigenvalue weighted by molar-refractivity contribution is 5.88. The fraction of sp³-hybridized carbons (Fsp3) is 0.0714. The molecule has 3 rings (SSSR count). The molecule has 0 radical (unpaired) electrons. The number of methoxy groups -OCH3 is 1. The molecule has 21 heavy (non-hydrogen) atoms. The van der Waals surface area contributed by atoms with Crippen LogP contribution in [-0.4, -0.2) is 23.0 Å². The first kappa shape index (κ1) is 13.0. The predicted molar refractivity (Wildman–Crippen MR) is 72.9 cm³/mol. The second kappa shape index (κ2) is 4.86. The number of oxazole rings is 1. The highest BCUT2D eigenvalue weighted by Crippen LogP contribution is 2.27. The van der Waals surface area contributed by atoms with Crippen molar-refractivity contribution in [1.29, 1.82) is 0 Å². The van der Waals surface area contributed by atoms with Crippen molar-refractivity contribution in [2.24, 2.45) is 0 Å². The monoisotopic (exact) mass is 287 g/mol. The standard InChI is InChI=1S/C14H10FN3O3/c1-20-14(19)11-5-8(9(15)6-17-11)13-18-10-4-7(16)2-3-12(10)21-13/h2-6H,16H2,1H3. The number of halogens is 1. The fourth-order valence-corrected chi connectivity index (χ4v) is 1.88. The molecular formula is C14H10FN3O3. The molecule has 0 saturated carbocycles. The van der Waals surface area contributed by atoms with Crippen molar-refractivity contribution in [2.75, 3.05) is 12.8 Å². The van der Waals surface area contributed by atoms with E-state index in [9.17, 15) is 9.18 Å². The van der Waals surface area contributed by atoms with Gasteiger partial charge in [0, 0.05) is 5.69 Å². The lowest BCUT2D eigenvalue weighted by Gasteiger charge is -2.01. The number of nitrogens with zero attached hydrogens (tertiary/aromatic N) is 2. The molecule has 2 heterocycles. The molecule has 0 bridgehead atoms. The van der Waals surface area contributed by atoms with Crippen LogP contribution in [0.4, 0.5) is 10.1 Å². The van der Waals surface area contributed by atoms with Crippen molar-refractivity contribution < 1.29 is 18.3 Å². The van der Waals surface area contributed by atoms with E-state index in [4.69, 9.17) is 10.2 Å². The smallest absolute Gasteiger partial charge is 0.356 e. The van der Waals surface area contributed by atoms with Crippen LogP contribution >= 0.6 is 0 Å². The van der Waals surface area contributed by atoms with E-state index < -0.39 is 11.8 Å². The van der Waals surface area contributed by atoms with Gasteiger partial charge in [-0.1, -0.05) is 0 Å². The zero-order valence-corrected chi connectivity index (χ0v) is 11.0. The summed E-state index contributed by atoms with van der Waals surface area (Å²) in [6, 6.07) is 6.14. The number of nitrogens with two attached hydrogens (primary N) is 1. The van der Waals surface area contributed by atoms with Gasteiger partial charge >= 0.3 is 5.97 Å². The van der Waals surface area contributed by atoms with Crippen LogP contribution in [0.2, 0.25) is 0 Å². The van der Waals surface area contributed by atoms with Gasteiger partial charge in [0.1, 0.15) is 11.2 Å². The van der Waals surface area contributed by atoms with Gasteiger partial charge in [-0.25, -0.2) is 19.2 Å². The number of hydrogen-bond donors (Lipinski definition) is 1. The van der Waals surface area contributed by atoms with Crippen LogP contribution in [0.1, 0.15) is 10.5 Å². The topological polar surface area (TPSA) is 91.2 Å². The number of nitrogen functional groups attached to an aromatic ring is 1. The molecule has 0 aliphatic carbocycles. The van der Waals surface area contributed by atoms with E-state index in [0.29, 0.717) is 16.8 Å². The molecule has 6 nitrogen and oxygen atoms in total. The summed E-state index contributed by atoms with van der Waals surface area (Å²) in [4.78, 5) is 19.3. The van der Waals surface area contributed by atoms with Gasteiger partial charge in [0.05, 0.1) is 18.9 Å². The van der Waals surface area contributed by atoms with Gasteiger partial charge in [0.25, 0.3) is 0 Å². The van der Waals surface area contributed by atoms with Crippen molar-refractivity contribution in [1.82, 2.24) is 9.97 Å². The molecule has 0 amide bonds. The SMILES string of the molecule is COC(=O)c1cc(-c2nc3cc(N)ccc3o2)c(F)cn1. The van der Waals surface area contributed by atoms with E-state index in [-0.39, 0.29) is 17.1 Å². The maximum atomic E-state index is 13.9. The number of carbonyl (C=O) groups is 1. The van der Waals surface area contributed by atoms with E-state index in [1.165, 1.54) is 13.2 Å². The lowest BCUT2D eigenvalue weighted by atomic mass is 10.2. The van der Waals surface area contributed by atoms with E-state index in [1.54, 1.807) is 18.2 Å². The van der Waals surface area contributed by atoms with Crippen LogP contribution in [0.3, 0.4) is 0 Å². The summed E-state index contributed by atoms with van der Waals surface area (Å²) in [6.45, 7) is 0. The van der Waals surface area contributed by atoms with Gasteiger partial charge < -0.3 is 14.9 Å². The number of pyridine rings is 1. The first-order valence-corrected chi connectivity index (χ1v) is 5.99. The molecule has 3 aromatic rings. The van der Waals surface area contributed by atoms with Crippen LogP contribution < -0.4 is 5.73 Å². The lowest BCUT2D eigenvalue weighted by molar-refractivity contribution is 0.0594. The van der Waals surface area contributed by atoms with E-state index in [1.807, 2.05) is 0 Å². The van der Waals surface area contributed by atoms with Crippen molar-refractivity contribution in [3.05, 3.63) is 42.0 Å². The molecule has 0 aliphatic rings. The van der Waals surface area contributed by atoms with Gasteiger partial charge in [-0.15, -0.1) is 0 Å². The van der Waals surface area contributed by atoms with Crippen LogP contribution in [0, 0.1) is 5.82 Å². The van der Waals surface area contributed by atoms with E-state index in [0.717, 1.165) is 6.20 Å². The van der Waals surface area contributed by atoms with E-state index >= 15 is 0 Å². The van der Waals surface area contributed by atoms with E-state index in [2.05, 4.69) is 14.7 Å². The number of hydrogen-bond acceptors (Lipinski definition) is 6. The second-order valence-corrected chi connectivity index (χ2v) is 4.29. The third-order valence-electron chi connectivity index (χ3n) is 2.89. The number of carbonyl (C=O) groups excluding carboxylic acids is 1. The normalized spacial score (nSPS) is 10.8. The minimum atomic E-state index is -0.670. The van der Waals surface area contributed by atoms with Gasteiger partial charge in [0.15, 0.2) is 11.4 Å². The van der Waals surface area contributed by atoms with Gasteiger partial charge in [0.2, 0.25) is 5.89 Å². The Balaban J connectivity index is 2.15. The highest BCUT2D eigenvalue weighted by Gasteiger charge is 2.17. The Hall–Kier alpha value is -2.96. The largest absolute Gasteiger partial charge is 0.464 e. The molecule has 0 aliphatic heterocycles. The Morgan fingerprint density at radius 1 is 1.38 bits per heavy atom. The molecule has 0 saturated heterocycles. The van der Waals surface area contributed by atoms with Crippen molar-refractivity contribution in [3.8, 4) is 11.5 Å². The van der Waals surface area contributed by atoms with Crippen LogP contribution in [0.25, 0.3) is 22.6 Å². The quantitative estimate of drug-likeness (QED) is 0.575. The molecule has 0 unspecified atom stereocenters. The Kier molecular flexibility index (Phi) is 3.02. The zero-order valence-electron chi connectivity index (χ0n) is 11.0. The number of anilines is 1. The minimum Gasteiger partial charge on any atom is -0.464 e. The molecule has 2 N–H and O–H groups in total. The molecule has 1 aromatic carbocycles. The number of benzene rings is 1. The van der Waals surface area contributed by atoms with Gasteiger partial charge in [-0.3, -0.25) is 0 Å². The average Bonchev–Trinajstić information content (AvgIpc) is 2.89. The maximum Gasteiger partial charge on any atom is 0.356 e. The molecule has 2 aromatic heterocycles. The summed E-state index contributed by atoms with van der Waals surface area (Å²) in [5, 5.41) is 0. The van der Waals surface area contributed by atoms with Gasteiger partial charge in [-0.2, -0.15) is 0 Å². The summed E-state index contributed by atoms with van der Waals surface area (Å²) in [5.41, 5.74) is 7.14. The number of rotatable bonds is 2. The third kappa shape index (κ3) is 2.29. The minimum absolute atomic E-state index is 0.0279. The van der Waals surface area contributed by atoms with Crippen molar-refractivity contribution in [2.45, 2.75) is 0 Å². The predicted octanol–water partition coefficient (Wildman–Crippen LogP) is 2.40. The highest BCUT2D eigenvalue weighted by atomic mass is 19.1. The Morgan fingerprint density at radius 2 is 2.19 bits per heavy atom. The molecule has 0 spiro atoms. The molecular weight excluding hydrogens is 277 g/mol. The zero-order chi connectivity index (χ0) is 15.0.